The summed E-state index contributed by atoms with van der Waals surface area (Å²) < 4.78 is 0. The SMILES string of the molecule is CC(C)(C)c1ncc(CNCc2cncs2)s1. The zero-order chi connectivity index (χ0) is 12.3. The van der Waals surface area contributed by atoms with Gasteiger partial charge in [0.25, 0.3) is 0 Å². The Balaban J connectivity index is 1.85. The van der Waals surface area contributed by atoms with E-state index in [0.29, 0.717) is 0 Å². The lowest BCUT2D eigenvalue weighted by Crippen LogP contribution is -2.11. The summed E-state index contributed by atoms with van der Waals surface area (Å²) in [7, 11) is 0. The van der Waals surface area contributed by atoms with Crippen LogP contribution in [0.25, 0.3) is 0 Å². The van der Waals surface area contributed by atoms with Gasteiger partial charge in [0.2, 0.25) is 0 Å². The van der Waals surface area contributed by atoms with Crippen molar-refractivity contribution in [2.24, 2.45) is 0 Å². The molecule has 5 heteroatoms. The lowest BCUT2D eigenvalue weighted by atomic mass is 9.98. The summed E-state index contributed by atoms with van der Waals surface area (Å²) in [5.41, 5.74) is 2.02. The van der Waals surface area contributed by atoms with Gasteiger partial charge in [0.1, 0.15) is 0 Å². The molecule has 0 amide bonds. The first-order valence-electron chi connectivity index (χ1n) is 5.59. The fourth-order valence-electron chi connectivity index (χ4n) is 1.37. The van der Waals surface area contributed by atoms with Crippen molar-refractivity contribution in [2.45, 2.75) is 39.3 Å². The Morgan fingerprint density at radius 2 is 1.94 bits per heavy atom. The molecule has 1 N–H and O–H groups in total. The topological polar surface area (TPSA) is 37.8 Å². The number of nitrogens with zero attached hydrogens (tertiary/aromatic N) is 2. The van der Waals surface area contributed by atoms with Crippen LogP contribution in [-0.4, -0.2) is 9.97 Å². The van der Waals surface area contributed by atoms with E-state index in [0.717, 1.165) is 13.1 Å². The third kappa shape index (κ3) is 3.59. The van der Waals surface area contributed by atoms with Crippen molar-refractivity contribution < 1.29 is 0 Å². The molecule has 2 aromatic rings. The highest BCUT2D eigenvalue weighted by Gasteiger charge is 2.17. The standard InChI is InChI=1S/C12H17N3S2/c1-12(2,3)11-15-7-10(17-11)6-13-4-9-5-14-8-16-9/h5,7-8,13H,4,6H2,1-3H3. The molecule has 0 aliphatic carbocycles. The van der Waals surface area contributed by atoms with Gasteiger partial charge < -0.3 is 5.32 Å². The van der Waals surface area contributed by atoms with E-state index in [1.807, 2.05) is 17.9 Å². The minimum absolute atomic E-state index is 0.153. The summed E-state index contributed by atoms with van der Waals surface area (Å²) >= 11 is 3.47. The van der Waals surface area contributed by atoms with Crippen LogP contribution in [0.1, 0.15) is 35.5 Å². The molecule has 0 saturated heterocycles. The van der Waals surface area contributed by atoms with E-state index < -0.39 is 0 Å². The quantitative estimate of drug-likeness (QED) is 0.924. The molecule has 0 saturated carbocycles. The highest BCUT2D eigenvalue weighted by atomic mass is 32.1. The van der Waals surface area contributed by atoms with Crippen LogP contribution in [-0.2, 0) is 18.5 Å². The lowest BCUT2D eigenvalue weighted by Gasteiger charge is -2.13. The first-order chi connectivity index (χ1) is 8.05. The smallest absolute Gasteiger partial charge is 0.0981 e. The summed E-state index contributed by atoms with van der Waals surface area (Å²) in [6.07, 6.45) is 3.88. The second kappa shape index (κ2) is 5.25. The Morgan fingerprint density at radius 1 is 1.18 bits per heavy atom. The zero-order valence-electron chi connectivity index (χ0n) is 10.4. The van der Waals surface area contributed by atoms with Crippen molar-refractivity contribution in [3.63, 3.8) is 0 Å². The van der Waals surface area contributed by atoms with Crippen LogP contribution in [0.15, 0.2) is 17.9 Å². The number of hydrogen-bond acceptors (Lipinski definition) is 5. The maximum atomic E-state index is 4.47. The fourth-order valence-corrected chi connectivity index (χ4v) is 2.88. The van der Waals surface area contributed by atoms with Gasteiger partial charge in [-0.05, 0) is 0 Å². The highest BCUT2D eigenvalue weighted by molar-refractivity contribution is 7.11. The van der Waals surface area contributed by atoms with Gasteiger partial charge in [-0.25, -0.2) is 4.98 Å². The summed E-state index contributed by atoms with van der Waals surface area (Å²) in [6.45, 7) is 8.35. The molecule has 0 fully saturated rings. The molecule has 0 atom stereocenters. The van der Waals surface area contributed by atoms with E-state index in [-0.39, 0.29) is 5.41 Å². The molecule has 0 unspecified atom stereocenters. The summed E-state index contributed by atoms with van der Waals surface area (Å²) in [5.74, 6) is 0. The molecule has 0 aromatic carbocycles. The predicted octanol–water partition coefficient (Wildman–Crippen LogP) is 3.19. The average Bonchev–Trinajstić information content (AvgIpc) is 2.86. The molecule has 17 heavy (non-hydrogen) atoms. The Kier molecular flexibility index (Phi) is 3.91. The maximum Gasteiger partial charge on any atom is 0.0981 e. The molecule has 2 rings (SSSR count). The number of aromatic nitrogens is 2. The summed E-state index contributed by atoms with van der Waals surface area (Å²) in [6, 6.07) is 0. The minimum atomic E-state index is 0.153. The van der Waals surface area contributed by atoms with Gasteiger partial charge in [0.05, 0.1) is 10.5 Å². The first-order valence-corrected chi connectivity index (χ1v) is 7.28. The molecule has 0 bridgehead atoms. The monoisotopic (exact) mass is 267 g/mol. The number of hydrogen-bond donors (Lipinski definition) is 1. The third-order valence-electron chi connectivity index (χ3n) is 2.28. The second-order valence-corrected chi connectivity index (χ2v) is 7.04. The van der Waals surface area contributed by atoms with E-state index in [4.69, 9.17) is 0 Å². The number of nitrogens with one attached hydrogen (secondary N) is 1. The van der Waals surface area contributed by atoms with Crippen molar-refractivity contribution >= 4 is 22.7 Å². The van der Waals surface area contributed by atoms with Crippen LogP contribution < -0.4 is 5.32 Å². The van der Waals surface area contributed by atoms with Crippen molar-refractivity contribution in [3.8, 4) is 0 Å². The van der Waals surface area contributed by atoms with E-state index in [2.05, 4.69) is 36.1 Å². The van der Waals surface area contributed by atoms with Gasteiger partial charge in [-0.3, -0.25) is 4.98 Å². The molecular formula is C12H17N3S2. The molecule has 0 aliphatic rings. The van der Waals surface area contributed by atoms with Crippen LogP contribution in [0.5, 0.6) is 0 Å². The third-order valence-corrected chi connectivity index (χ3v) is 4.48. The van der Waals surface area contributed by atoms with E-state index in [1.54, 1.807) is 22.7 Å². The Labute approximate surface area is 110 Å². The van der Waals surface area contributed by atoms with Gasteiger partial charge in [-0.1, -0.05) is 20.8 Å². The molecule has 3 nitrogen and oxygen atoms in total. The van der Waals surface area contributed by atoms with Gasteiger partial charge >= 0.3 is 0 Å². The molecule has 2 heterocycles. The van der Waals surface area contributed by atoms with E-state index in [9.17, 15) is 0 Å². The van der Waals surface area contributed by atoms with Crippen LogP contribution in [0.4, 0.5) is 0 Å². The average molecular weight is 267 g/mol. The van der Waals surface area contributed by atoms with Crippen molar-refractivity contribution in [3.05, 3.63) is 32.7 Å². The molecule has 2 aromatic heterocycles. The summed E-state index contributed by atoms with van der Waals surface area (Å²) in [4.78, 5) is 11.1. The van der Waals surface area contributed by atoms with Gasteiger partial charge in [-0.2, -0.15) is 0 Å². The molecule has 0 aliphatic heterocycles. The van der Waals surface area contributed by atoms with Crippen molar-refractivity contribution in [1.82, 2.24) is 15.3 Å². The van der Waals surface area contributed by atoms with E-state index in [1.165, 1.54) is 14.8 Å². The Morgan fingerprint density at radius 3 is 2.53 bits per heavy atom. The van der Waals surface area contributed by atoms with Gasteiger partial charge in [0.15, 0.2) is 0 Å². The molecule has 92 valence electrons. The molecule has 0 radical (unpaired) electrons. The molecule has 0 spiro atoms. The Bertz CT molecular complexity index is 454. The van der Waals surface area contributed by atoms with Gasteiger partial charge in [0, 0.05) is 40.7 Å². The van der Waals surface area contributed by atoms with Crippen LogP contribution >= 0.6 is 22.7 Å². The van der Waals surface area contributed by atoms with Crippen molar-refractivity contribution in [2.75, 3.05) is 0 Å². The minimum Gasteiger partial charge on any atom is -0.307 e. The zero-order valence-corrected chi connectivity index (χ0v) is 12.0. The number of thiazole rings is 2. The lowest BCUT2D eigenvalue weighted by molar-refractivity contribution is 0.585. The normalized spacial score (nSPS) is 11.9. The fraction of sp³-hybridized carbons (Fsp3) is 0.500. The van der Waals surface area contributed by atoms with E-state index >= 15 is 0 Å². The van der Waals surface area contributed by atoms with Crippen molar-refractivity contribution in [1.29, 1.82) is 0 Å². The first kappa shape index (κ1) is 12.7. The van der Waals surface area contributed by atoms with Crippen LogP contribution in [0.2, 0.25) is 0 Å². The predicted molar refractivity (Wildman–Crippen MR) is 73.5 cm³/mol. The second-order valence-electron chi connectivity index (χ2n) is 4.95. The maximum absolute atomic E-state index is 4.47. The Hall–Kier alpha value is -0.780. The van der Waals surface area contributed by atoms with Gasteiger partial charge in [-0.15, -0.1) is 22.7 Å². The highest BCUT2D eigenvalue weighted by Crippen LogP contribution is 2.26. The number of rotatable bonds is 4. The van der Waals surface area contributed by atoms with Crippen LogP contribution in [0, 0.1) is 0 Å². The van der Waals surface area contributed by atoms with Crippen LogP contribution in [0.3, 0.4) is 0 Å². The summed E-state index contributed by atoms with van der Waals surface area (Å²) in [5, 5.41) is 4.61. The largest absolute Gasteiger partial charge is 0.307 e. The molecular weight excluding hydrogens is 250 g/mol.